The number of nitrogens with two attached hydrogens (primary N) is 1. The van der Waals surface area contributed by atoms with Gasteiger partial charge in [-0.1, -0.05) is 18.3 Å². The number of hydrogen-bond acceptors (Lipinski definition) is 5. The number of carbonyl (C=O) groups is 1. The third-order valence-corrected chi connectivity index (χ3v) is 3.09. The molecule has 3 N–H and O–H groups in total. The second-order valence-electron chi connectivity index (χ2n) is 4.46. The number of ether oxygens (including phenoxy) is 2. The molecule has 0 aliphatic carbocycles. The van der Waals surface area contributed by atoms with Crippen LogP contribution in [0.2, 0.25) is 0 Å². The maximum atomic E-state index is 11.9. The fourth-order valence-corrected chi connectivity index (χ4v) is 1.67. The number of thiocarbonyl (C=S) groups is 1. The maximum Gasteiger partial charge on any atom is 0.260 e. The molecule has 0 fully saturated rings. The van der Waals surface area contributed by atoms with Gasteiger partial charge in [0.2, 0.25) is 0 Å². The Morgan fingerprint density at radius 1 is 1.43 bits per heavy atom. The zero-order valence-corrected chi connectivity index (χ0v) is 13.0. The molecule has 7 heteroatoms. The molecule has 21 heavy (non-hydrogen) atoms. The Kier molecular flexibility index (Phi) is 6.90. The first-order valence-corrected chi connectivity index (χ1v) is 6.81. The van der Waals surface area contributed by atoms with Crippen molar-refractivity contribution in [2.75, 3.05) is 27.3 Å². The number of rotatable bonds is 8. The van der Waals surface area contributed by atoms with Gasteiger partial charge in [0.25, 0.3) is 5.91 Å². The number of methoxy groups -OCH3 is 1. The summed E-state index contributed by atoms with van der Waals surface area (Å²) in [6, 6.07) is 5.03. The molecule has 1 aromatic rings. The van der Waals surface area contributed by atoms with Gasteiger partial charge in [-0.25, -0.2) is 0 Å². The minimum absolute atomic E-state index is 0.0860. The summed E-state index contributed by atoms with van der Waals surface area (Å²) in [5.74, 6) is 0.741. The van der Waals surface area contributed by atoms with E-state index in [2.05, 4.69) is 0 Å². The zero-order chi connectivity index (χ0) is 15.8. The third kappa shape index (κ3) is 5.57. The van der Waals surface area contributed by atoms with E-state index in [4.69, 9.17) is 32.5 Å². The highest BCUT2D eigenvalue weighted by Gasteiger charge is 2.12. The average Bonchev–Trinajstić information content (AvgIpc) is 2.49. The van der Waals surface area contributed by atoms with Crippen molar-refractivity contribution in [2.45, 2.75) is 13.0 Å². The van der Waals surface area contributed by atoms with E-state index < -0.39 is 0 Å². The van der Waals surface area contributed by atoms with Gasteiger partial charge in [0.15, 0.2) is 18.1 Å². The minimum Gasteiger partial charge on any atom is -0.493 e. The molecule has 0 heterocycles. The molecule has 0 spiro atoms. The Morgan fingerprint density at radius 2 is 2.14 bits per heavy atom. The number of hydrogen-bond donors (Lipinski definition) is 2. The lowest BCUT2D eigenvalue weighted by Crippen LogP contribution is -2.33. The lowest BCUT2D eigenvalue weighted by molar-refractivity contribution is -0.131. The van der Waals surface area contributed by atoms with Crippen molar-refractivity contribution in [1.29, 1.82) is 0 Å². The highest BCUT2D eigenvalue weighted by Crippen LogP contribution is 2.28. The van der Waals surface area contributed by atoms with E-state index >= 15 is 0 Å². The maximum absolute atomic E-state index is 11.9. The van der Waals surface area contributed by atoms with E-state index in [1.807, 2.05) is 0 Å². The van der Waals surface area contributed by atoms with Crippen molar-refractivity contribution >= 4 is 23.1 Å². The van der Waals surface area contributed by atoms with Crippen molar-refractivity contribution in [1.82, 2.24) is 4.90 Å². The minimum atomic E-state index is -0.181. The van der Waals surface area contributed by atoms with Crippen LogP contribution in [0.15, 0.2) is 18.2 Å². The van der Waals surface area contributed by atoms with Gasteiger partial charge < -0.3 is 25.2 Å². The van der Waals surface area contributed by atoms with Crippen LogP contribution in [0, 0.1) is 0 Å². The Balaban J connectivity index is 2.58. The molecule has 1 amide bonds. The molecule has 0 aliphatic heterocycles. The molecule has 116 valence electrons. The summed E-state index contributed by atoms with van der Waals surface area (Å²) in [6.45, 7) is 0.262. The summed E-state index contributed by atoms with van der Waals surface area (Å²) in [6.07, 6.45) is 0.478. The first kappa shape index (κ1) is 17.2. The smallest absolute Gasteiger partial charge is 0.260 e. The molecular formula is C14H20N2O4S. The Labute approximate surface area is 129 Å². The topological polar surface area (TPSA) is 85.0 Å². The lowest BCUT2D eigenvalue weighted by atomic mass is 10.2. The van der Waals surface area contributed by atoms with Crippen molar-refractivity contribution in [3.05, 3.63) is 23.8 Å². The molecule has 1 rings (SSSR count). The average molecular weight is 312 g/mol. The third-order valence-electron chi connectivity index (χ3n) is 2.88. The number of amides is 1. The molecule has 0 aromatic heterocycles. The Hall–Kier alpha value is -1.86. The quantitative estimate of drug-likeness (QED) is 0.687. The van der Waals surface area contributed by atoms with Gasteiger partial charge in [0, 0.05) is 20.0 Å². The van der Waals surface area contributed by atoms with E-state index in [0.717, 1.165) is 0 Å². The molecule has 0 aliphatic rings. The molecule has 0 saturated heterocycles. The van der Waals surface area contributed by atoms with Crippen molar-refractivity contribution < 1.29 is 19.4 Å². The summed E-state index contributed by atoms with van der Waals surface area (Å²) < 4.78 is 10.6. The molecule has 0 radical (unpaired) electrons. The second-order valence-corrected chi connectivity index (χ2v) is 4.99. The van der Waals surface area contributed by atoms with Crippen LogP contribution in [0.3, 0.4) is 0 Å². The molecule has 0 unspecified atom stereocenters. The number of carbonyl (C=O) groups excluding carboxylic acids is 1. The van der Waals surface area contributed by atoms with E-state index in [1.54, 1.807) is 25.2 Å². The van der Waals surface area contributed by atoms with E-state index in [9.17, 15) is 4.79 Å². The van der Waals surface area contributed by atoms with Gasteiger partial charge in [0.05, 0.1) is 18.7 Å². The summed E-state index contributed by atoms with van der Waals surface area (Å²) in [5.41, 5.74) is 6.10. The van der Waals surface area contributed by atoms with E-state index in [1.165, 1.54) is 12.0 Å². The van der Waals surface area contributed by atoms with Gasteiger partial charge in [-0.15, -0.1) is 0 Å². The fourth-order valence-electron chi connectivity index (χ4n) is 1.58. The predicted octanol–water partition coefficient (Wildman–Crippen LogP) is 0.701. The highest BCUT2D eigenvalue weighted by molar-refractivity contribution is 7.80. The fraction of sp³-hybridized carbons (Fsp3) is 0.429. The van der Waals surface area contributed by atoms with Gasteiger partial charge >= 0.3 is 0 Å². The van der Waals surface area contributed by atoms with Gasteiger partial charge in [0.1, 0.15) is 0 Å². The zero-order valence-electron chi connectivity index (χ0n) is 12.2. The van der Waals surface area contributed by atoms with Crippen LogP contribution < -0.4 is 15.2 Å². The summed E-state index contributed by atoms with van der Waals surface area (Å²) in [7, 11) is 3.16. The van der Waals surface area contributed by atoms with Crippen LogP contribution in [0.25, 0.3) is 0 Å². The molecule has 0 atom stereocenters. The molecular weight excluding hydrogens is 292 g/mol. The summed E-state index contributed by atoms with van der Waals surface area (Å²) in [4.78, 5) is 13.8. The highest BCUT2D eigenvalue weighted by atomic mass is 32.1. The van der Waals surface area contributed by atoms with Gasteiger partial charge in [-0.05, 0) is 17.7 Å². The number of aliphatic hydroxyl groups is 1. The summed E-state index contributed by atoms with van der Waals surface area (Å²) >= 11 is 4.77. The SMILES string of the molecule is COc1cc(CO)ccc1OCC(=O)N(C)CCC(N)=S. The summed E-state index contributed by atoms with van der Waals surface area (Å²) in [5, 5.41) is 9.07. The second kappa shape index (κ2) is 8.43. The van der Waals surface area contributed by atoms with E-state index in [0.29, 0.717) is 35.0 Å². The van der Waals surface area contributed by atoms with Crippen molar-refractivity contribution in [3.63, 3.8) is 0 Å². The standard InChI is InChI=1S/C14H20N2O4S/c1-16(6-5-13(15)21)14(18)9-20-11-4-3-10(8-17)7-12(11)19-2/h3-4,7,17H,5-6,8-9H2,1-2H3,(H2,15,21). The number of aliphatic hydroxyl groups excluding tert-OH is 1. The number of benzene rings is 1. The van der Waals surface area contributed by atoms with Crippen LogP contribution >= 0.6 is 12.2 Å². The molecule has 0 bridgehead atoms. The van der Waals surface area contributed by atoms with Crippen LogP contribution in [0.5, 0.6) is 11.5 Å². The van der Waals surface area contributed by atoms with Crippen LogP contribution in [-0.2, 0) is 11.4 Å². The van der Waals surface area contributed by atoms with Crippen molar-refractivity contribution in [2.24, 2.45) is 5.73 Å². The Morgan fingerprint density at radius 3 is 2.71 bits per heavy atom. The normalized spacial score (nSPS) is 10.0. The first-order chi connectivity index (χ1) is 9.97. The largest absolute Gasteiger partial charge is 0.493 e. The number of likely N-dealkylation sites (N-methyl/N-ethyl adjacent to an activating group) is 1. The van der Waals surface area contributed by atoms with Gasteiger partial charge in [-0.2, -0.15) is 0 Å². The van der Waals surface area contributed by atoms with Crippen molar-refractivity contribution in [3.8, 4) is 11.5 Å². The van der Waals surface area contributed by atoms with Gasteiger partial charge in [-0.3, -0.25) is 4.79 Å². The van der Waals surface area contributed by atoms with Crippen LogP contribution in [-0.4, -0.2) is 48.2 Å². The predicted molar refractivity (Wildman–Crippen MR) is 83.5 cm³/mol. The monoisotopic (exact) mass is 312 g/mol. The molecule has 1 aromatic carbocycles. The first-order valence-electron chi connectivity index (χ1n) is 6.40. The lowest BCUT2D eigenvalue weighted by Gasteiger charge is -2.18. The van der Waals surface area contributed by atoms with Crippen LogP contribution in [0.4, 0.5) is 0 Å². The molecule has 6 nitrogen and oxygen atoms in total. The Bertz CT molecular complexity index is 508. The number of nitrogens with zero attached hydrogens (tertiary/aromatic N) is 1. The molecule has 0 saturated carbocycles. The van der Waals surface area contributed by atoms with Crippen LogP contribution in [0.1, 0.15) is 12.0 Å². The van der Waals surface area contributed by atoms with E-state index in [-0.39, 0.29) is 19.1 Å².